The molecule has 0 bridgehead atoms. The maximum Gasteiger partial charge on any atom is 0.138 e. The summed E-state index contributed by atoms with van der Waals surface area (Å²) in [7, 11) is 0. The fraction of sp³-hybridized carbons (Fsp3) is 0. The Morgan fingerprint density at radius 1 is 0.429 bits per heavy atom. The average Bonchev–Trinajstić information content (AvgIpc) is 3.57. The number of hydrogen-bond donors (Lipinski definition) is 0. The number of benzene rings is 5. The van der Waals surface area contributed by atoms with Crippen LogP contribution in [0.2, 0.25) is 0 Å². The summed E-state index contributed by atoms with van der Waals surface area (Å²) in [4.78, 5) is 9.56. The summed E-state index contributed by atoms with van der Waals surface area (Å²) >= 11 is 0. The molecule has 4 heteroatoms. The molecule has 4 heterocycles. The number of nitrogens with zero attached hydrogens (tertiary/aromatic N) is 4. The largest absolute Gasteiger partial charge is 0.309 e. The first kappa shape index (κ1) is 23.0. The van der Waals surface area contributed by atoms with Crippen molar-refractivity contribution in [2.24, 2.45) is 0 Å². The van der Waals surface area contributed by atoms with Crippen molar-refractivity contribution in [1.82, 2.24) is 19.1 Å². The minimum atomic E-state index is 0.914. The molecule has 9 rings (SSSR count). The van der Waals surface area contributed by atoms with Gasteiger partial charge in [-0.2, -0.15) is 0 Å². The quantitative estimate of drug-likeness (QED) is 0.225. The van der Waals surface area contributed by atoms with Crippen LogP contribution >= 0.6 is 0 Å². The summed E-state index contributed by atoms with van der Waals surface area (Å²) in [5.41, 5.74) is 7.78. The van der Waals surface area contributed by atoms with E-state index < -0.39 is 0 Å². The lowest BCUT2D eigenvalue weighted by molar-refractivity contribution is 1.09. The molecule has 0 aliphatic heterocycles. The summed E-state index contributed by atoms with van der Waals surface area (Å²) < 4.78 is 4.68. The lowest BCUT2D eigenvalue weighted by Crippen LogP contribution is -1.99. The van der Waals surface area contributed by atoms with Crippen LogP contribution in [-0.2, 0) is 0 Å². The van der Waals surface area contributed by atoms with Crippen LogP contribution in [0, 0.1) is 0 Å². The molecular weight excluding hydrogens is 512 g/mol. The SMILES string of the molecule is c1ccc(-c2ccc3c4ccccc4n(-c4ccc5c6ccccc6n(-c6cc7ccccc7cn6)c5c4)c3c2)nc1. The highest BCUT2D eigenvalue weighted by molar-refractivity contribution is 6.12. The second-order valence-corrected chi connectivity index (χ2v) is 10.7. The van der Waals surface area contributed by atoms with Gasteiger partial charge in [-0.05, 0) is 53.9 Å². The van der Waals surface area contributed by atoms with E-state index in [-0.39, 0.29) is 0 Å². The highest BCUT2D eigenvalue weighted by Gasteiger charge is 2.17. The van der Waals surface area contributed by atoms with Gasteiger partial charge in [-0.25, -0.2) is 4.98 Å². The minimum Gasteiger partial charge on any atom is -0.309 e. The molecule has 0 radical (unpaired) electrons. The molecular formula is C38H24N4. The number of rotatable bonds is 3. The zero-order chi connectivity index (χ0) is 27.6. The van der Waals surface area contributed by atoms with Crippen LogP contribution in [0.25, 0.3) is 77.1 Å². The van der Waals surface area contributed by atoms with Crippen molar-refractivity contribution in [1.29, 1.82) is 0 Å². The Morgan fingerprint density at radius 2 is 1.07 bits per heavy atom. The monoisotopic (exact) mass is 536 g/mol. The fourth-order valence-electron chi connectivity index (χ4n) is 6.48. The molecule has 0 amide bonds. The van der Waals surface area contributed by atoms with E-state index in [9.17, 15) is 0 Å². The number of fused-ring (bicyclic) bond motifs is 7. The van der Waals surface area contributed by atoms with Gasteiger partial charge in [0.2, 0.25) is 0 Å². The Morgan fingerprint density at radius 3 is 1.86 bits per heavy atom. The van der Waals surface area contributed by atoms with Gasteiger partial charge in [0.25, 0.3) is 0 Å². The first-order chi connectivity index (χ1) is 20.8. The van der Waals surface area contributed by atoms with Gasteiger partial charge in [-0.1, -0.05) is 84.9 Å². The van der Waals surface area contributed by atoms with E-state index in [1.54, 1.807) is 0 Å². The molecule has 0 fully saturated rings. The van der Waals surface area contributed by atoms with Gasteiger partial charge in [-0.3, -0.25) is 9.55 Å². The van der Waals surface area contributed by atoms with Gasteiger partial charge in [0, 0.05) is 50.6 Å². The number of aromatic nitrogens is 4. The lowest BCUT2D eigenvalue weighted by Gasteiger charge is -2.12. The molecule has 5 aromatic carbocycles. The summed E-state index contributed by atoms with van der Waals surface area (Å²) in [6, 6.07) is 47.4. The maximum atomic E-state index is 4.94. The molecule has 4 nitrogen and oxygen atoms in total. The first-order valence-electron chi connectivity index (χ1n) is 14.2. The standard InChI is InChI=1S/C38H24N4/c1-2-10-27-24-40-38(22-25(27)9-1)42-35-15-6-4-12-30(35)32-19-17-28(23-37(32)42)41-34-14-5-3-11-29(34)31-18-16-26(21-36(31)41)33-13-7-8-20-39-33/h1-24H. The van der Waals surface area contributed by atoms with Crippen LogP contribution in [-0.4, -0.2) is 19.1 Å². The van der Waals surface area contributed by atoms with Crippen LogP contribution in [0.15, 0.2) is 146 Å². The van der Waals surface area contributed by atoms with Gasteiger partial charge in [0.05, 0.1) is 27.8 Å². The number of pyridine rings is 2. The fourth-order valence-corrected chi connectivity index (χ4v) is 6.48. The summed E-state index contributed by atoms with van der Waals surface area (Å²) in [6.45, 7) is 0. The van der Waals surface area contributed by atoms with Gasteiger partial charge in [0.1, 0.15) is 5.82 Å². The van der Waals surface area contributed by atoms with E-state index in [0.717, 1.165) is 44.7 Å². The zero-order valence-electron chi connectivity index (χ0n) is 22.6. The molecule has 0 saturated heterocycles. The van der Waals surface area contributed by atoms with Crippen molar-refractivity contribution < 1.29 is 0 Å². The third kappa shape index (κ3) is 3.36. The van der Waals surface area contributed by atoms with E-state index in [1.165, 1.54) is 32.4 Å². The number of para-hydroxylation sites is 2. The van der Waals surface area contributed by atoms with Crippen molar-refractivity contribution in [3.05, 3.63) is 146 Å². The Labute approximate surface area is 241 Å². The highest BCUT2D eigenvalue weighted by Crippen LogP contribution is 2.37. The molecule has 4 aromatic heterocycles. The minimum absolute atomic E-state index is 0.914. The molecule has 0 N–H and O–H groups in total. The molecule has 0 atom stereocenters. The normalized spacial score (nSPS) is 11.8. The van der Waals surface area contributed by atoms with Crippen molar-refractivity contribution in [3.63, 3.8) is 0 Å². The second-order valence-electron chi connectivity index (χ2n) is 10.7. The molecule has 0 unspecified atom stereocenters. The van der Waals surface area contributed by atoms with Gasteiger partial charge >= 0.3 is 0 Å². The molecule has 196 valence electrons. The molecule has 0 aliphatic rings. The first-order valence-corrected chi connectivity index (χ1v) is 14.2. The third-order valence-corrected chi connectivity index (χ3v) is 8.40. The summed E-state index contributed by atoms with van der Waals surface area (Å²) in [5.74, 6) is 0.914. The van der Waals surface area contributed by atoms with E-state index in [1.807, 2.05) is 24.5 Å². The molecule has 0 aliphatic carbocycles. The van der Waals surface area contributed by atoms with Gasteiger partial charge in [0.15, 0.2) is 0 Å². The zero-order valence-corrected chi connectivity index (χ0v) is 22.6. The van der Waals surface area contributed by atoms with Crippen LogP contribution in [0.5, 0.6) is 0 Å². The Balaban J connectivity index is 1.35. The van der Waals surface area contributed by atoms with Crippen LogP contribution in [0.1, 0.15) is 0 Å². The van der Waals surface area contributed by atoms with Crippen molar-refractivity contribution in [2.45, 2.75) is 0 Å². The molecule has 0 spiro atoms. The topological polar surface area (TPSA) is 35.6 Å². The summed E-state index contributed by atoms with van der Waals surface area (Å²) in [5, 5.41) is 7.19. The lowest BCUT2D eigenvalue weighted by atomic mass is 10.1. The van der Waals surface area contributed by atoms with Crippen molar-refractivity contribution >= 4 is 54.4 Å². The van der Waals surface area contributed by atoms with E-state index in [2.05, 4.69) is 135 Å². The van der Waals surface area contributed by atoms with Crippen LogP contribution < -0.4 is 0 Å². The average molecular weight is 537 g/mol. The Hall–Kier alpha value is -5.74. The van der Waals surface area contributed by atoms with E-state index >= 15 is 0 Å². The Bertz CT molecular complexity index is 2470. The molecule has 9 aromatic rings. The van der Waals surface area contributed by atoms with E-state index in [4.69, 9.17) is 4.98 Å². The highest BCUT2D eigenvalue weighted by atomic mass is 15.1. The van der Waals surface area contributed by atoms with E-state index in [0.29, 0.717) is 0 Å². The van der Waals surface area contributed by atoms with Crippen molar-refractivity contribution in [3.8, 4) is 22.8 Å². The smallest absolute Gasteiger partial charge is 0.138 e. The van der Waals surface area contributed by atoms with Gasteiger partial charge < -0.3 is 4.57 Å². The van der Waals surface area contributed by atoms with Gasteiger partial charge in [-0.15, -0.1) is 0 Å². The summed E-state index contributed by atoms with van der Waals surface area (Å²) in [6.07, 6.45) is 3.82. The predicted octanol–water partition coefficient (Wildman–Crippen LogP) is 9.49. The Kier molecular flexibility index (Phi) is 4.87. The third-order valence-electron chi connectivity index (χ3n) is 8.40. The second kappa shape index (κ2) is 8.88. The molecule has 42 heavy (non-hydrogen) atoms. The number of hydrogen-bond acceptors (Lipinski definition) is 2. The van der Waals surface area contributed by atoms with Crippen LogP contribution in [0.4, 0.5) is 0 Å². The maximum absolute atomic E-state index is 4.94. The molecule has 0 saturated carbocycles. The van der Waals surface area contributed by atoms with Crippen molar-refractivity contribution in [2.75, 3.05) is 0 Å². The predicted molar refractivity (Wildman–Crippen MR) is 174 cm³/mol. The van der Waals surface area contributed by atoms with Crippen LogP contribution in [0.3, 0.4) is 0 Å².